The maximum Gasteiger partial charge on any atom is 0.181 e. The quantitative estimate of drug-likeness (QED) is 0.833. The third kappa shape index (κ3) is 1.58. The Balaban J connectivity index is 2.49. The minimum absolute atomic E-state index is 0.215. The van der Waals surface area contributed by atoms with Gasteiger partial charge in [-0.2, -0.15) is 0 Å². The van der Waals surface area contributed by atoms with Crippen LogP contribution in [0.3, 0.4) is 0 Å². The summed E-state index contributed by atoms with van der Waals surface area (Å²) in [5.41, 5.74) is 1.65. The molecule has 0 amide bonds. The number of phenolic OH excluding ortho intramolecular Hbond substituents is 1. The molecule has 0 fully saturated rings. The molecule has 1 heterocycles. The number of halogens is 1. The maximum absolute atomic E-state index is 9.25. The lowest BCUT2D eigenvalue weighted by atomic mass is 10.2. The van der Waals surface area contributed by atoms with Crippen LogP contribution in [0.1, 0.15) is 0 Å². The van der Waals surface area contributed by atoms with Crippen molar-refractivity contribution in [1.82, 2.24) is 4.98 Å². The van der Waals surface area contributed by atoms with Gasteiger partial charge in [0.25, 0.3) is 0 Å². The molecule has 13 heavy (non-hydrogen) atoms. The summed E-state index contributed by atoms with van der Waals surface area (Å²) in [6.07, 6.45) is 2.93. The van der Waals surface area contributed by atoms with Crippen LogP contribution < -0.4 is 0 Å². The molecule has 0 spiro atoms. The highest BCUT2D eigenvalue weighted by Gasteiger charge is 2.03. The van der Waals surface area contributed by atoms with E-state index in [1.54, 1.807) is 24.5 Å². The van der Waals surface area contributed by atoms with E-state index in [-0.39, 0.29) is 5.75 Å². The molecule has 0 bridgehead atoms. The molecule has 66 valence electrons. The van der Waals surface area contributed by atoms with Crippen molar-refractivity contribution in [3.63, 3.8) is 0 Å². The van der Waals surface area contributed by atoms with Gasteiger partial charge in [-0.1, -0.05) is 0 Å². The number of aromatic hydroxyl groups is 1. The number of oxazole rings is 1. The van der Waals surface area contributed by atoms with Gasteiger partial charge in [-0.3, -0.25) is 0 Å². The zero-order valence-electron chi connectivity index (χ0n) is 6.57. The molecule has 0 saturated carbocycles. The van der Waals surface area contributed by atoms with Crippen LogP contribution in [0.25, 0.3) is 11.3 Å². The van der Waals surface area contributed by atoms with Crippen LogP contribution in [0, 0.1) is 0 Å². The SMILES string of the molecule is Oc1ccc(-c2cocn2)cc1Br. The highest BCUT2D eigenvalue weighted by Crippen LogP contribution is 2.28. The van der Waals surface area contributed by atoms with Crippen LogP contribution in [0.15, 0.2) is 39.7 Å². The van der Waals surface area contributed by atoms with Gasteiger partial charge in [0.1, 0.15) is 17.7 Å². The number of phenols is 1. The van der Waals surface area contributed by atoms with E-state index >= 15 is 0 Å². The Hall–Kier alpha value is -1.29. The highest BCUT2D eigenvalue weighted by molar-refractivity contribution is 9.10. The number of aromatic nitrogens is 1. The Morgan fingerprint density at radius 1 is 1.38 bits per heavy atom. The van der Waals surface area contributed by atoms with Gasteiger partial charge in [-0.25, -0.2) is 4.98 Å². The lowest BCUT2D eigenvalue weighted by Gasteiger charge is -1.98. The number of benzene rings is 1. The van der Waals surface area contributed by atoms with Crippen LogP contribution in [-0.2, 0) is 0 Å². The Morgan fingerprint density at radius 3 is 2.85 bits per heavy atom. The van der Waals surface area contributed by atoms with Crippen LogP contribution in [0.4, 0.5) is 0 Å². The lowest BCUT2D eigenvalue weighted by molar-refractivity contribution is 0.472. The second-order valence-corrected chi connectivity index (χ2v) is 3.39. The van der Waals surface area contributed by atoms with Crippen LogP contribution in [-0.4, -0.2) is 10.1 Å². The van der Waals surface area contributed by atoms with Gasteiger partial charge in [0.05, 0.1) is 4.47 Å². The third-order valence-electron chi connectivity index (χ3n) is 1.68. The van der Waals surface area contributed by atoms with Gasteiger partial charge in [0.15, 0.2) is 6.39 Å². The standard InChI is InChI=1S/C9H6BrNO2/c10-7-3-6(1-2-9(7)12)8-4-13-5-11-8/h1-5,12H. The van der Waals surface area contributed by atoms with E-state index in [9.17, 15) is 5.11 Å². The number of nitrogens with zero attached hydrogens (tertiary/aromatic N) is 1. The molecule has 3 nitrogen and oxygen atoms in total. The fourth-order valence-electron chi connectivity index (χ4n) is 1.02. The average Bonchev–Trinajstić information content (AvgIpc) is 2.62. The molecule has 0 aliphatic rings. The molecule has 1 N–H and O–H groups in total. The van der Waals surface area contributed by atoms with Crippen LogP contribution >= 0.6 is 15.9 Å². The molecular formula is C9H6BrNO2. The number of hydrogen-bond acceptors (Lipinski definition) is 3. The van der Waals surface area contributed by atoms with Gasteiger partial charge in [-0.15, -0.1) is 0 Å². The van der Waals surface area contributed by atoms with Gasteiger partial charge in [0, 0.05) is 5.56 Å². The third-order valence-corrected chi connectivity index (χ3v) is 2.31. The molecule has 1 aromatic carbocycles. The monoisotopic (exact) mass is 239 g/mol. The molecule has 0 atom stereocenters. The highest BCUT2D eigenvalue weighted by atomic mass is 79.9. The second-order valence-electron chi connectivity index (χ2n) is 2.54. The minimum atomic E-state index is 0.215. The van der Waals surface area contributed by atoms with E-state index < -0.39 is 0 Å². The predicted molar refractivity (Wildman–Crippen MR) is 51.3 cm³/mol. The van der Waals surface area contributed by atoms with E-state index in [0.29, 0.717) is 4.47 Å². The Labute approximate surface area is 83.2 Å². The van der Waals surface area contributed by atoms with E-state index in [0.717, 1.165) is 11.3 Å². The summed E-state index contributed by atoms with van der Waals surface area (Å²) in [4.78, 5) is 3.99. The number of rotatable bonds is 1. The first-order valence-corrected chi connectivity index (χ1v) is 4.44. The number of hydrogen-bond donors (Lipinski definition) is 1. The molecule has 2 aromatic rings. The van der Waals surface area contributed by atoms with Crippen LogP contribution in [0.2, 0.25) is 0 Å². The summed E-state index contributed by atoms with van der Waals surface area (Å²) in [7, 11) is 0. The average molecular weight is 240 g/mol. The summed E-state index contributed by atoms with van der Waals surface area (Å²) in [6, 6.07) is 5.17. The topological polar surface area (TPSA) is 46.3 Å². The first-order valence-electron chi connectivity index (χ1n) is 3.64. The first-order chi connectivity index (χ1) is 6.27. The fraction of sp³-hybridized carbons (Fsp3) is 0. The fourth-order valence-corrected chi connectivity index (χ4v) is 1.40. The summed E-state index contributed by atoms with van der Waals surface area (Å²) in [5.74, 6) is 0.215. The van der Waals surface area contributed by atoms with Gasteiger partial charge in [-0.05, 0) is 34.1 Å². The van der Waals surface area contributed by atoms with Gasteiger partial charge >= 0.3 is 0 Å². The smallest absolute Gasteiger partial charge is 0.181 e. The van der Waals surface area contributed by atoms with Crippen molar-refractivity contribution in [1.29, 1.82) is 0 Å². The molecule has 0 aliphatic carbocycles. The largest absolute Gasteiger partial charge is 0.507 e. The van der Waals surface area contributed by atoms with Crippen molar-refractivity contribution in [3.8, 4) is 17.0 Å². The molecule has 0 saturated heterocycles. The molecule has 1 aromatic heterocycles. The van der Waals surface area contributed by atoms with Gasteiger partial charge < -0.3 is 9.52 Å². The lowest BCUT2D eigenvalue weighted by Crippen LogP contribution is -1.77. The van der Waals surface area contributed by atoms with Crippen molar-refractivity contribution in [3.05, 3.63) is 35.3 Å². The zero-order chi connectivity index (χ0) is 9.26. The Kier molecular flexibility index (Phi) is 2.06. The molecule has 2 rings (SSSR count). The molecule has 0 aliphatic heterocycles. The summed E-state index contributed by atoms with van der Waals surface area (Å²) in [6.45, 7) is 0. The van der Waals surface area contributed by atoms with E-state index in [4.69, 9.17) is 4.42 Å². The van der Waals surface area contributed by atoms with E-state index in [1.807, 2.05) is 0 Å². The summed E-state index contributed by atoms with van der Waals surface area (Å²) >= 11 is 3.22. The van der Waals surface area contributed by atoms with Crippen molar-refractivity contribution in [2.45, 2.75) is 0 Å². The normalized spacial score (nSPS) is 10.2. The Bertz CT molecular complexity index is 412. The second kappa shape index (κ2) is 3.22. The van der Waals surface area contributed by atoms with Crippen LogP contribution in [0.5, 0.6) is 5.75 Å². The van der Waals surface area contributed by atoms with E-state index in [2.05, 4.69) is 20.9 Å². The summed E-state index contributed by atoms with van der Waals surface area (Å²) < 4.78 is 5.50. The summed E-state index contributed by atoms with van der Waals surface area (Å²) in [5, 5.41) is 9.25. The zero-order valence-corrected chi connectivity index (χ0v) is 8.15. The van der Waals surface area contributed by atoms with Gasteiger partial charge in [0.2, 0.25) is 0 Å². The molecular weight excluding hydrogens is 234 g/mol. The van der Waals surface area contributed by atoms with Crippen molar-refractivity contribution >= 4 is 15.9 Å². The Morgan fingerprint density at radius 2 is 2.23 bits per heavy atom. The van der Waals surface area contributed by atoms with Crippen molar-refractivity contribution in [2.75, 3.05) is 0 Å². The van der Waals surface area contributed by atoms with E-state index in [1.165, 1.54) is 6.39 Å². The predicted octanol–water partition coefficient (Wildman–Crippen LogP) is 2.81. The molecule has 4 heteroatoms. The molecule has 0 unspecified atom stereocenters. The first kappa shape index (κ1) is 8.31. The maximum atomic E-state index is 9.25. The van der Waals surface area contributed by atoms with Crippen molar-refractivity contribution in [2.24, 2.45) is 0 Å². The van der Waals surface area contributed by atoms with Crippen molar-refractivity contribution < 1.29 is 9.52 Å². The molecule has 0 radical (unpaired) electrons. The minimum Gasteiger partial charge on any atom is -0.507 e.